The van der Waals surface area contributed by atoms with Crippen molar-refractivity contribution in [2.24, 2.45) is 0 Å². The van der Waals surface area contributed by atoms with Crippen molar-refractivity contribution >= 4 is 37.5 Å². The first-order valence-electron chi connectivity index (χ1n) is 10.8. The average molecular weight is 468 g/mol. The molecule has 0 aromatic carbocycles. The van der Waals surface area contributed by atoms with Gasteiger partial charge in [-0.3, -0.25) is 14.5 Å². The molecule has 10 heteroatoms. The summed E-state index contributed by atoms with van der Waals surface area (Å²) >= 11 is 3.07. The molecule has 0 aliphatic carbocycles. The highest BCUT2D eigenvalue weighted by molar-refractivity contribution is 7.29. The first kappa shape index (κ1) is 20.1. The fourth-order valence-corrected chi connectivity index (χ4v) is 7.41. The molecule has 2 aliphatic heterocycles. The van der Waals surface area contributed by atoms with Crippen LogP contribution in [0.4, 0.5) is 5.13 Å². The summed E-state index contributed by atoms with van der Waals surface area (Å²) in [6.45, 7) is 4.70. The summed E-state index contributed by atoms with van der Waals surface area (Å²) in [5, 5.41) is 12.2. The summed E-state index contributed by atoms with van der Waals surface area (Å²) < 4.78 is 1.58. The van der Waals surface area contributed by atoms with E-state index in [-0.39, 0.29) is 16.6 Å². The monoisotopic (exact) mass is 467 g/mol. The molecule has 6 rings (SSSR count). The molecule has 0 amide bonds. The number of hydrogen-bond acceptors (Lipinski definition) is 8. The van der Waals surface area contributed by atoms with Gasteiger partial charge in [0.2, 0.25) is 0 Å². The van der Waals surface area contributed by atoms with Gasteiger partial charge >= 0.3 is 0 Å². The Labute approximate surface area is 193 Å². The molecule has 2 aliphatic rings. The number of hydrogen-bond donors (Lipinski definition) is 2. The number of rotatable bonds is 4. The highest BCUT2D eigenvalue weighted by Crippen LogP contribution is 2.45. The lowest BCUT2D eigenvalue weighted by molar-refractivity contribution is 0.208. The molecule has 0 saturated carbocycles. The third kappa shape index (κ3) is 3.28. The second-order valence-electron chi connectivity index (χ2n) is 9.63. The van der Waals surface area contributed by atoms with E-state index in [4.69, 9.17) is 9.97 Å². The molecule has 6 heterocycles. The molecule has 0 radical (unpaired) electrons. The predicted molar refractivity (Wildman–Crippen MR) is 129 cm³/mol. The standard InChI is InChI=1S/C22H25N7OS2/c1-21-5-6-22(2,27-21)10-15(9-21)28(3)19-25-17-18(31-19)26-20(32-17)29-7-4-13(8-16(29)30)14-11-23-24-12-14/h4,7-8,11-12,15,27H,5-6,9-10H2,1-3H3,(H,23,24)/t15-,21-,22+. The van der Waals surface area contributed by atoms with Crippen LogP contribution in [0.3, 0.4) is 0 Å². The van der Waals surface area contributed by atoms with E-state index in [9.17, 15) is 4.79 Å². The molecular weight excluding hydrogens is 442 g/mol. The fraction of sp³-hybridized carbons (Fsp3) is 0.455. The van der Waals surface area contributed by atoms with Crippen LogP contribution in [0.1, 0.15) is 39.5 Å². The van der Waals surface area contributed by atoms with Gasteiger partial charge in [0.1, 0.15) is 0 Å². The molecule has 32 heavy (non-hydrogen) atoms. The highest BCUT2D eigenvalue weighted by Gasteiger charge is 2.49. The van der Waals surface area contributed by atoms with Crippen LogP contribution in [0, 0.1) is 0 Å². The Hall–Kier alpha value is -2.56. The van der Waals surface area contributed by atoms with Crippen LogP contribution in [-0.4, -0.2) is 48.9 Å². The van der Waals surface area contributed by atoms with Gasteiger partial charge in [0.25, 0.3) is 5.56 Å². The van der Waals surface area contributed by atoms with Gasteiger partial charge in [0, 0.05) is 48.2 Å². The number of fused-ring (bicyclic) bond motifs is 3. The second kappa shape index (κ2) is 6.97. The molecule has 4 aromatic heterocycles. The van der Waals surface area contributed by atoms with Crippen molar-refractivity contribution in [3.05, 3.63) is 41.1 Å². The maximum atomic E-state index is 12.7. The largest absolute Gasteiger partial charge is 0.348 e. The summed E-state index contributed by atoms with van der Waals surface area (Å²) in [6, 6.07) is 3.98. The molecule has 2 N–H and O–H groups in total. The Morgan fingerprint density at radius 2 is 1.88 bits per heavy atom. The summed E-state index contributed by atoms with van der Waals surface area (Å²) in [5.41, 5.74) is 2.04. The molecule has 3 atom stereocenters. The van der Waals surface area contributed by atoms with E-state index in [2.05, 4.69) is 41.3 Å². The van der Waals surface area contributed by atoms with E-state index < -0.39 is 0 Å². The molecule has 4 aromatic rings. The number of piperidine rings is 1. The molecule has 166 valence electrons. The maximum Gasteiger partial charge on any atom is 0.257 e. The van der Waals surface area contributed by atoms with E-state index in [0.29, 0.717) is 11.2 Å². The summed E-state index contributed by atoms with van der Waals surface area (Å²) in [4.78, 5) is 26.4. The van der Waals surface area contributed by atoms with E-state index in [0.717, 1.165) is 38.8 Å². The smallest absolute Gasteiger partial charge is 0.257 e. The van der Waals surface area contributed by atoms with E-state index >= 15 is 0 Å². The van der Waals surface area contributed by atoms with Crippen LogP contribution in [0.15, 0.2) is 35.5 Å². The zero-order valence-corrected chi connectivity index (χ0v) is 19.9. The van der Waals surface area contributed by atoms with Crippen LogP contribution >= 0.6 is 22.7 Å². The predicted octanol–water partition coefficient (Wildman–Crippen LogP) is 3.79. The lowest BCUT2D eigenvalue weighted by Gasteiger charge is -2.45. The minimum Gasteiger partial charge on any atom is -0.348 e. The zero-order chi connectivity index (χ0) is 22.1. The lowest BCUT2D eigenvalue weighted by Crippen LogP contribution is -2.58. The molecule has 0 unspecified atom stereocenters. The topological polar surface area (TPSA) is 91.7 Å². The quantitative estimate of drug-likeness (QED) is 0.474. The van der Waals surface area contributed by atoms with Gasteiger partial charge in [0.15, 0.2) is 19.9 Å². The third-order valence-corrected chi connectivity index (χ3v) is 9.08. The minimum absolute atomic E-state index is 0.117. The van der Waals surface area contributed by atoms with Crippen molar-refractivity contribution in [1.29, 1.82) is 0 Å². The molecule has 8 nitrogen and oxygen atoms in total. The lowest BCUT2D eigenvalue weighted by atomic mass is 9.84. The maximum absolute atomic E-state index is 12.7. The molecule has 2 saturated heterocycles. The van der Waals surface area contributed by atoms with E-state index in [1.54, 1.807) is 40.6 Å². The van der Waals surface area contributed by atoms with Crippen LogP contribution in [-0.2, 0) is 0 Å². The highest BCUT2D eigenvalue weighted by atomic mass is 32.1. The molecule has 2 bridgehead atoms. The second-order valence-corrected chi connectivity index (χ2v) is 11.5. The number of nitrogens with one attached hydrogen (secondary N) is 2. The Kier molecular flexibility index (Phi) is 4.37. The van der Waals surface area contributed by atoms with E-state index in [1.807, 2.05) is 6.07 Å². The van der Waals surface area contributed by atoms with Crippen molar-refractivity contribution in [3.8, 4) is 16.3 Å². The van der Waals surface area contributed by atoms with Crippen molar-refractivity contribution in [2.75, 3.05) is 11.9 Å². The number of nitrogens with zero attached hydrogens (tertiary/aromatic N) is 5. The first-order chi connectivity index (χ1) is 15.3. The average Bonchev–Trinajstić information content (AvgIpc) is 3.50. The van der Waals surface area contributed by atoms with Crippen LogP contribution in [0.5, 0.6) is 0 Å². The van der Waals surface area contributed by atoms with Crippen molar-refractivity contribution < 1.29 is 0 Å². The minimum atomic E-state index is -0.117. The van der Waals surface area contributed by atoms with Crippen molar-refractivity contribution in [1.82, 2.24) is 30.0 Å². The third-order valence-electron chi connectivity index (χ3n) is 6.96. The Balaban J connectivity index is 1.27. The SMILES string of the molecule is CN(c1nc2sc(-n3ccc(-c4cn[nH]c4)cc3=O)nc2s1)[C@H]1C[C@]2(C)CC[C@](C)(C1)N2. The van der Waals surface area contributed by atoms with Crippen molar-refractivity contribution in [3.63, 3.8) is 0 Å². The molecule has 0 spiro atoms. The summed E-state index contributed by atoms with van der Waals surface area (Å²) in [7, 11) is 2.16. The van der Waals surface area contributed by atoms with Gasteiger partial charge in [0.05, 0.1) is 6.20 Å². The zero-order valence-electron chi connectivity index (χ0n) is 18.3. The number of anilines is 1. The van der Waals surface area contributed by atoms with Gasteiger partial charge < -0.3 is 10.2 Å². The van der Waals surface area contributed by atoms with Gasteiger partial charge in [-0.1, -0.05) is 22.7 Å². The van der Waals surface area contributed by atoms with Gasteiger partial charge in [-0.25, -0.2) is 9.97 Å². The normalized spacial score (nSPS) is 27.3. The number of thiazole rings is 2. The van der Waals surface area contributed by atoms with Crippen molar-refractivity contribution in [2.45, 2.75) is 56.7 Å². The van der Waals surface area contributed by atoms with Crippen LogP contribution in [0.2, 0.25) is 0 Å². The fourth-order valence-electron chi connectivity index (χ4n) is 5.35. The Morgan fingerprint density at radius 3 is 2.53 bits per heavy atom. The Morgan fingerprint density at radius 1 is 1.12 bits per heavy atom. The number of H-pyrrole nitrogens is 1. The Bertz CT molecular complexity index is 1310. The molecule has 2 fully saturated rings. The molecular formula is C22H25N7OS2. The number of aromatic amines is 1. The number of aromatic nitrogens is 5. The van der Waals surface area contributed by atoms with Gasteiger partial charge in [-0.05, 0) is 51.2 Å². The van der Waals surface area contributed by atoms with Gasteiger partial charge in [-0.15, -0.1) is 0 Å². The van der Waals surface area contributed by atoms with Crippen LogP contribution in [0.25, 0.3) is 25.9 Å². The number of pyridine rings is 1. The van der Waals surface area contributed by atoms with E-state index in [1.165, 1.54) is 24.2 Å². The first-order valence-corrected chi connectivity index (χ1v) is 12.5. The summed E-state index contributed by atoms with van der Waals surface area (Å²) in [5.74, 6) is 0. The van der Waals surface area contributed by atoms with Crippen LogP contribution < -0.4 is 15.8 Å². The van der Waals surface area contributed by atoms with Gasteiger partial charge in [-0.2, -0.15) is 5.10 Å². The summed E-state index contributed by atoms with van der Waals surface area (Å²) in [6.07, 6.45) is 9.97.